The maximum absolute atomic E-state index is 12.3. The summed E-state index contributed by atoms with van der Waals surface area (Å²) in [5.74, 6) is 1.53. The van der Waals surface area contributed by atoms with Crippen LogP contribution in [0.15, 0.2) is 49.2 Å². The van der Waals surface area contributed by atoms with Gasteiger partial charge < -0.3 is 14.8 Å². The summed E-state index contributed by atoms with van der Waals surface area (Å²) in [4.78, 5) is 26.5. The van der Waals surface area contributed by atoms with Crippen molar-refractivity contribution in [3.63, 3.8) is 0 Å². The zero-order valence-corrected chi connectivity index (χ0v) is 20.7. The number of carbonyl (C=O) groups excluding carboxylic acids is 1. The molecular weight excluding hydrogens is 458 g/mol. The van der Waals surface area contributed by atoms with Crippen LogP contribution in [-0.2, 0) is 9.47 Å². The van der Waals surface area contributed by atoms with Gasteiger partial charge in [0, 0.05) is 37.8 Å². The quantitative estimate of drug-likeness (QED) is 0.553. The molecule has 5 heterocycles. The van der Waals surface area contributed by atoms with Crippen molar-refractivity contribution in [3.8, 4) is 11.4 Å². The normalized spacial score (nSPS) is 21.0. The average Bonchev–Trinajstić information content (AvgIpc) is 3.55. The summed E-state index contributed by atoms with van der Waals surface area (Å²) in [5, 5.41) is 7.35. The second kappa shape index (κ2) is 11.0. The molecule has 3 aliphatic rings. The zero-order valence-electron chi connectivity index (χ0n) is 20.7. The molecule has 1 unspecified atom stereocenters. The summed E-state index contributed by atoms with van der Waals surface area (Å²) in [6, 6.07) is 5.62. The lowest BCUT2D eigenvalue weighted by molar-refractivity contribution is -0.0394. The molecule has 0 radical (unpaired) electrons. The van der Waals surface area contributed by atoms with Gasteiger partial charge in [-0.1, -0.05) is 6.42 Å². The molecule has 3 fully saturated rings. The minimum Gasteiger partial charge on any atom is -0.441 e. The molecule has 1 spiro atoms. The molecule has 0 aromatic carbocycles. The van der Waals surface area contributed by atoms with E-state index in [1.165, 1.54) is 6.42 Å². The standard InChI is InChI=1S/C16H23N3O3.C10H10N4/c20-15-18(12-16(22-15)7-3-1-4-8-16)13-10-17-19(11-13)14-6-2-5-9-21-14;1-11-9-4-3-8(7-14-9)10-12-5-2-6-13-10/h10-11,14H,1-9,12H2;2-7H,1H3,(H,11,14). The minimum absolute atomic E-state index is 0.00441. The smallest absolute Gasteiger partial charge is 0.415 e. The van der Waals surface area contributed by atoms with Gasteiger partial charge in [0.25, 0.3) is 0 Å². The highest BCUT2D eigenvalue weighted by Crippen LogP contribution is 2.39. The third-order valence-corrected chi connectivity index (χ3v) is 6.93. The number of pyridine rings is 1. The molecule has 10 heteroatoms. The number of carbonyl (C=O) groups is 1. The zero-order chi connectivity index (χ0) is 24.8. The number of hydrogen-bond donors (Lipinski definition) is 1. The molecule has 6 rings (SSSR count). The number of nitrogens with zero attached hydrogens (tertiary/aromatic N) is 6. The molecule has 0 bridgehead atoms. The molecule has 1 aliphatic carbocycles. The lowest BCUT2D eigenvalue weighted by atomic mass is 9.85. The van der Waals surface area contributed by atoms with Crippen molar-refractivity contribution in [1.82, 2.24) is 24.7 Å². The molecule has 1 saturated carbocycles. The fraction of sp³-hybridized carbons (Fsp3) is 0.500. The Morgan fingerprint density at radius 2 is 1.86 bits per heavy atom. The molecule has 3 aromatic heterocycles. The lowest BCUT2D eigenvalue weighted by Crippen LogP contribution is -2.36. The molecule has 190 valence electrons. The fourth-order valence-electron chi connectivity index (χ4n) is 4.96. The molecule has 1 N–H and O–H groups in total. The summed E-state index contributed by atoms with van der Waals surface area (Å²) in [6.07, 6.45) is 17.4. The van der Waals surface area contributed by atoms with Crippen LogP contribution in [0.1, 0.15) is 57.6 Å². The van der Waals surface area contributed by atoms with Gasteiger partial charge in [0.2, 0.25) is 0 Å². The first-order valence-corrected chi connectivity index (χ1v) is 12.7. The van der Waals surface area contributed by atoms with Gasteiger partial charge in [-0.2, -0.15) is 5.10 Å². The first-order valence-electron chi connectivity index (χ1n) is 12.7. The second-order valence-electron chi connectivity index (χ2n) is 9.45. The molecule has 36 heavy (non-hydrogen) atoms. The van der Waals surface area contributed by atoms with Gasteiger partial charge in [-0.05, 0) is 63.1 Å². The van der Waals surface area contributed by atoms with Crippen molar-refractivity contribution in [2.75, 3.05) is 30.4 Å². The Morgan fingerprint density at radius 1 is 1.03 bits per heavy atom. The predicted octanol–water partition coefficient (Wildman–Crippen LogP) is 4.82. The van der Waals surface area contributed by atoms with E-state index in [1.54, 1.807) is 35.8 Å². The van der Waals surface area contributed by atoms with E-state index >= 15 is 0 Å². The molecule has 3 aromatic rings. The third-order valence-electron chi connectivity index (χ3n) is 6.93. The fourth-order valence-corrected chi connectivity index (χ4v) is 4.96. The van der Waals surface area contributed by atoms with E-state index in [0.29, 0.717) is 12.4 Å². The van der Waals surface area contributed by atoms with Crippen LogP contribution in [0.25, 0.3) is 11.4 Å². The van der Waals surface area contributed by atoms with Gasteiger partial charge in [0.05, 0.1) is 24.6 Å². The largest absolute Gasteiger partial charge is 0.441 e. The van der Waals surface area contributed by atoms with E-state index in [1.807, 2.05) is 30.1 Å². The topological polar surface area (TPSA) is 107 Å². The Labute approximate surface area is 211 Å². The highest BCUT2D eigenvalue weighted by atomic mass is 16.6. The van der Waals surface area contributed by atoms with Crippen LogP contribution in [0.2, 0.25) is 0 Å². The Morgan fingerprint density at radius 3 is 2.56 bits per heavy atom. The summed E-state index contributed by atoms with van der Waals surface area (Å²) in [6.45, 7) is 1.44. The van der Waals surface area contributed by atoms with E-state index in [4.69, 9.17) is 9.47 Å². The van der Waals surface area contributed by atoms with E-state index in [0.717, 1.165) is 68.6 Å². The van der Waals surface area contributed by atoms with Gasteiger partial charge in [-0.25, -0.2) is 24.4 Å². The summed E-state index contributed by atoms with van der Waals surface area (Å²) < 4.78 is 13.3. The monoisotopic (exact) mass is 491 g/mol. The van der Waals surface area contributed by atoms with Crippen LogP contribution in [0.3, 0.4) is 0 Å². The number of rotatable bonds is 4. The van der Waals surface area contributed by atoms with E-state index in [9.17, 15) is 4.79 Å². The SMILES string of the molecule is CNc1ccc(-c2ncccn2)cn1.O=C1OC2(CCCCC2)CN1c1cnn(C2CCCCO2)c1. The first-order chi connectivity index (χ1) is 17.7. The highest BCUT2D eigenvalue weighted by molar-refractivity contribution is 5.90. The Kier molecular flexibility index (Phi) is 7.41. The van der Waals surface area contributed by atoms with Crippen molar-refractivity contribution in [3.05, 3.63) is 49.2 Å². The van der Waals surface area contributed by atoms with Crippen LogP contribution < -0.4 is 10.2 Å². The van der Waals surface area contributed by atoms with Gasteiger partial charge in [-0.15, -0.1) is 0 Å². The number of anilines is 2. The Balaban J connectivity index is 0.000000165. The number of nitrogens with one attached hydrogen (secondary N) is 1. The van der Waals surface area contributed by atoms with Gasteiger partial charge in [-0.3, -0.25) is 4.90 Å². The summed E-state index contributed by atoms with van der Waals surface area (Å²) >= 11 is 0. The van der Waals surface area contributed by atoms with E-state index < -0.39 is 0 Å². The van der Waals surface area contributed by atoms with Gasteiger partial charge in [0.1, 0.15) is 17.6 Å². The van der Waals surface area contributed by atoms with E-state index in [-0.39, 0.29) is 17.9 Å². The number of hydrogen-bond acceptors (Lipinski definition) is 8. The molecule has 1 atom stereocenters. The van der Waals surface area contributed by atoms with Crippen LogP contribution in [0.5, 0.6) is 0 Å². The van der Waals surface area contributed by atoms with Crippen LogP contribution >= 0.6 is 0 Å². The number of ether oxygens (including phenoxy) is 2. The molecule has 1 amide bonds. The second-order valence-corrected chi connectivity index (χ2v) is 9.45. The molecule has 10 nitrogen and oxygen atoms in total. The lowest BCUT2D eigenvalue weighted by Gasteiger charge is -2.30. The third kappa shape index (κ3) is 5.48. The van der Waals surface area contributed by atoms with Crippen LogP contribution in [0, 0.1) is 0 Å². The van der Waals surface area contributed by atoms with Crippen LogP contribution in [-0.4, -0.2) is 56.6 Å². The maximum Gasteiger partial charge on any atom is 0.415 e. The van der Waals surface area contributed by atoms with Gasteiger partial charge >= 0.3 is 6.09 Å². The molecule has 2 saturated heterocycles. The average molecular weight is 492 g/mol. The number of amides is 1. The Bertz CT molecular complexity index is 1120. The van der Waals surface area contributed by atoms with Crippen LogP contribution in [0.4, 0.5) is 16.3 Å². The van der Waals surface area contributed by atoms with Crippen molar-refractivity contribution in [2.24, 2.45) is 0 Å². The Hall–Kier alpha value is -3.53. The predicted molar refractivity (Wildman–Crippen MR) is 136 cm³/mol. The van der Waals surface area contributed by atoms with Crippen molar-refractivity contribution < 1.29 is 14.3 Å². The van der Waals surface area contributed by atoms with Crippen molar-refractivity contribution in [1.29, 1.82) is 0 Å². The number of aromatic nitrogens is 5. The first kappa shape index (κ1) is 24.2. The minimum atomic E-state index is -0.265. The van der Waals surface area contributed by atoms with E-state index in [2.05, 4.69) is 25.4 Å². The molecule has 2 aliphatic heterocycles. The maximum atomic E-state index is 12.3. The summed E-state index contributed by atoms with van der Waals surface area (Å²) in [7, 11) is 1.83. The summed E-state index contributed by atoms with van der Waals surface area (Å²) in [5.41, 5.74) is 1.48. The highest BCUT2D eigenvalue weighted by Gasteiger charge is 2.46. The molecular formula is C26H33N7O3. The van der Waals surface area contributed by atoms with Gasteiger partial charge in [0.15, 0.2) is 5.82 Å². The van der Waals surface area contributed by atoms with Crippen molar-refractivity contribution in [2.45, 2.75) is 63.2 Å². The van der Waals surface area contributed by atoms with Crippen molar-refractivity contribution >= 4 is 17.6 Å².